The van der Waals surface area contributed by atoms with Gasteiger partial charge in [-0.1, -0.05) is 6.92 Å². The molecule has 1 atom stereocenters. The van der Waals surface area contributed by atoms with Crippen molar-refractivity contribution in [2.45, 2.75) is 19.1 Å². The molecule has 1 aromatic rings. The van der Waals surface area contributed by atoms with Crippen LogP contribution >= 0.6 is 0 Å². The van der Waals surface area contributed by atoms with Crippen molar-refractivity contribution in [2.75, 3.05) is 5.75 Å². The summed E-state index contributed by atoms with van der Waals surface area (Å²) in [7, 11) is -3.46. The molecule has 0 saturated heterocycles. The van der Waals surface area contributed by atoms with Crippen molar-refractivity contribution >= 4 is 21.3 Å². The molecular weight excluding hydrogens is 258 g/mol. The van der Waals surface area contributed by atoms with E-state index in [1.165, 1.54) is 38.1 Å². The monoisotopic (exact) mass is 271 g/mol. The summed E-state index contributed by atoms with van der Waals surface area (Å²) >= 11 is 0. The number of hydrogen-bond acceptors (Lipinski definition) is 5. The molecule has 98 valence electrons. The Morgan fingerprint density at radius 1 is 1.33 bits per heavy atom. The summed E-state index contributed by atoms with van der Waals surface area (Å²) in [6, 6.07) is 4.89. The minimum atomic E-state index is -3.46. The predicted octanol–water partition coefficient (Wildman–Crippen LogP) is 1.60. The van der Waals surface area contributed by atoms with Crippen LogP contribution in [0, 0.1) is 10.1 Å². The lowest BCUT2D eigenvalue weighted by atomic mass is 10.1. The van der Waals surface area contributed by atoms with E-state index in [0.717, 1.165) is 0 Å². The number of ketones is 1. The third kappa shape index (κ3) is 2.92. The van der Waals surface area contributed by atoms with Gasteiger partial charge in [-0.3, -0.25) is 14.9 Å². The average Bonchev–Trinajstić information content (AvgIpc) is 2.37. The molecule has 1 aromatic carbocycles. The maximum absolute atomic E-state index is 11.9. The van der Waals surface area contributed by atoms with Crippen LogP contribution in [0.1, 0.15) is 24.2 Å². The third-order valence-electron chi connectivity index (χ3n) is 2.67. The van der Waals surface area contributed by atoms with Gasteiger partial charge < -0.3 is 0 Å². The quantitative estimate of drug-likeness (QED) is 0.460. The fraction of sp³-hybridized carbons (Fsp3) is 0.364. The number of nitro benzene ring substituents is 1. The van der Waals surface area contributed by atoms with Gasteiger partial charge in [0, 0.05) is 23.4 Å². The first kappa shape index (κ1) is 14.3. The van der Waals surface area contributed by atoms with Crippen molar-refractivity contribution in [1.82, 2.24) is 0 Å². The van der Waals surface area contributed by atoms with Crippen molar-refractivity contribution in [3.05, 3.63) is 39.9 Å². The minimum absolute atomic E-state index is 0.118. The molecule has 0 spiro atoms. The molecule has 18 heavy (non-hydrogen) atoms. The number of benzene rings is 1. The number of Topliss-reactive ketones (excluding diaryl/α,β-unsaturated/α-hetero) is 1. The molecule has 0 saturated carbocycles. The lowest BCUT2D eigenvalue weighted by Crippen LogP contribution is -2.28. The van der Waals surface area contributed by atoms with Crippen molar-refractivity contribution in [2.24, 2.45) is 0 Å². The SMILES string of the molecule is CCS(=O)(=O)[C@H](C)C(=O)c1ccc([N+](=O)[O-])cc1. The highest BCUT2D eigenvalue weighted by atomic mass is 32.2. The van der Waals surface area contributed by atoms with E-state index >= 15 is 0 Å². The number of hydrogen-bond donors (Lipinski definition) is 0. The Morgan fingerprint density at radius 2 is 1.83 bits per heavy atom. The summed E-state index contributed by atoms with van der Waals surface area (Å²) in [5.74, 6) is -0.667. The van der Waals surface area contributed by atoms with Crippen molar-refractivity contribution in [1.29, 1.82) is 0 Å². The van der Waals surface area contributed by atoms with E-state index in [9.17, 15) is 23.3 Å². The molecule has 0 aliphatic carbocycles. The van der Waals surface area contributed by atoms with Gasteiger partial charge in [-0.05, 0) is 19.1 Å². The number of nitro groups is 1. The van der Waals surface area contributed by atoms with E-state index < -0.39 is 25.8 Å². The van der Waals surface area contributed by atoms with Gasteiger partial charge in [-0.2, -0.15) is 0 Å². The first-order valence-electron chi connectivity index (χ1n) is 5.30. The predicted molar refractivity (Wildman–Crippen MR) is 66.3 cm³/mol. The van der Waals surface area contributed by atoms with E-state index in [1.54, 1.807) is 0 Å². The molecule has 0 radical (unpaired) electrons. The summed E-state index contributed by atoms with van der Waals surface area (Å²) in [6.07, 6.45) is 0. The molecule has 0 N–H and O–H groups in total. The highest BCUT2D eigenvalue weighted by Gasteiger charge is 2.27. The summed E-state index contributed by atoms with van der Waals surface area (Å²) < 4.78 is 23.1. The van der Waals surface area contributed by atoms with Crippen LogP contribution in [0.15, 0.2) is 24.3 Å². The Labute approximate surface area is 105 Å². The largest absolute Gasteiger partial charge is 0.293 e. The van der Waals surface area contributed by atoms with Gasteiger partial charge in [-0.15, -0.1) is 0 Å². The molecule has 1 rings (SSSR count). The van der Waals surface area contributed by atoms with Crippen LogP contribution in [-0.4, -0.2) is 30.1 Å². The Kier molecular flexibility index (Phi) is 4.18. The van der Waals surface area contributed by atoms with Crippen LogP contribution in [0.2, 0.25) is 0 Å². The molecule has 0 fully saturated rings. The molecule has 0 aliphatic rings. The normalized spacial score (nSPS) is 13.0. The van der Waals surface area contributed by atoms with Crippen LogP contribution in [0.3, 0.4) is 0 Å². The molecular formula is C11H13NO5S. The Bertz CT molecular complexity index is 562. The van der Waals surface area contributed by atoms with Gasteiger partial charge in [0.2, 0.25) is 0 Å². The van der Waals surface area contributed by atoms with Gasteiger partial charge in [0.15, 0.2) is 15.6 Å². The van der Waals surface area contributed by atoms with Crippen LogP contribution in [0.5, 0.6) is 0 Å². The number of sulfone groups is 1. The van der Waals surface area contributed by atoms with E-state index in [0.29, 0.717) is 0 Å². The van der Waals surface area contributed by atoms with Crippen LogP contribution in [-0.2, 0) is 9.84 Å². The zero-order valence-corrected chi connectivity index (χ0v) is 10.8. The van der Waals surface area contributed by atoms with Crippen molar-refractivity contribution in [3.8, 4) is 0 Å². The summed E-state index contributed by atoms with van der Waals surface area (Å²) in [5.41, 5.74) is 0.0164. The maximum Gasteiger partial charge on any atom is 0.269 e. The topological polar surface area (TPSA) is 94.3 Å². The van der Waals surface area contributed by atoms with Crippen LogP contribution in [0.25, 0.3) is 0 Å². The van der Waals surface area contributed by atoms with Crippen LogP contribution < -0.4 is 0 Å². The Morgan fingerprint density at radius 3 is 2.22 bits per heavy atom. The number of nitrogens with zero attached hydrogens (tertiary/aromatic N) is 1. The molecule has 7 heteroatoms. The smallest absolute Gasteiger partial charge is 0.269 e. The van der Waals surface area contributed by atoms with Gasteiger partial charge in [-0.25, -0.2) is 8.42 Å². The number of rotatable bonds is 5. The third-order valence-corrected chi connectivity index (χ3v) is 4.77. The first-order valence-corrected chi connectivity index (χ1v) is 7.01. The first-order chi connectivity index (χ1) is 8.29. The fourth-order valence-corrected chi connectivity index (χ4v) is 2.36. The van der Waals surface area contributed by atoms with Crippen molar-refractivity contribution in [3.63, 3.8) is 0 Å². The van der Waals surface area contributed by atoms with Gasteiger partial charge in [0.05, 0.1) is 4.92 Å². The molecule has 0 unspecified atom stereocenters. The second-order valence-electron chi connectivity index (χ2n) is 3.76. The van der Waals surface area contributed by atoms with Gasteiger partial charge in [0.25, 0.3) is 5.69 Å². The van der Waals surface area contributed by atoms with Gasteiger partial charge >= 0.3 is 0 Å². The van der Waals surface area contributed by atoms with Crippen LogP contribution in [0.4, 0.5) is 5.69 Å². The zero-order chi connectivity index (χ0) is 13.9. The lowest BCUT2D eigenvalue weighted by Gasteiger charge is -2.09. The van der Waals surface area contributed by atoms with E-state index in [1.807, 2.05) is 0 Å². The van der Waals surface area contributed by atoms with Crippen molar-refractivity contribution < 1.29 is 18.1 Å². The molecule has 0 heterocycles. The zero-order valence-electron chi connectivity index (χ0n) is 9.99. The summed E-state index contributed by atoms with van der Waals surface area (Å²) in [6.45, 7) is 2.79. The second-order valence-corrected chi connectivity index (χ2v) is 6.37. The number of non-ortho nitro benzene ring substituents is 1. The summed E-state index contributed by atoms with van der Waals surface area (Å²) in [5, 5.41) is 9.31. The molecule has 0 bridgehead atoms. The lowest BCUT2D eigenvalue weighted by molar-refractivity contribution is -0.384. The number of carbonyl (C=O) groups excluding carboxylic acids is 1. The molecule has 0 amide bonds. The molecule has 0 aliphatic heterocycles. The van der Waals surface area contributed by atoms with E-state index in [4.69, 9.17) is 0 Å². The second kappa shape index (κ2) is 5.26. The highest BCUT2D eigenvalue weighted by Crippen LogP contribution is 2.15. The molecule has 6 nitrogen and oxygen atoms in total. The fourth-order valence-electron chi connectivity index (χ4n) is 1.40. The van der Waals surface area contributed by atoms with E-state index in [2.05, 4.69) is 0 Å². The minimum Gasteiger partial charge on any atom is -0.293 e. The maximum atomic E-state index is 11.9. The average molecular weight is 271 g/mol. The molecule has 0 aromatic heterocycles. The summed E-state index contributed by atoms with van der Waals surface area (Å²) in [4.78, 5) is 21.7. The van der Waals surface area contributed by atoms with Gasteiger partial charge in [0.1, 0.15) is 5.25 Å². The highest BCUT2D eigenvalue weighted by molar-refractivity contribution is 7.92. The van der Waals surface area contributed by atoms with E-state index in [-0.39, 0.29) is 17.0 Å². The Hall–Kier alpha value is -1.76. The Balaban J connectivity index is 3.02. The number of carbonyl (C=O) groups is 1. The standard InChI is InChI=1S/C11H13NO5S/c1-3-18(16,17)8(2)11(13)9-4-6-10(7-5-9)12(14)15/h4-8H,3H2,1-2H3/t8-/m1/s1.